The van der Waals surface area contributed by atoms with Gasteiger partial charge < -0.3 is 4.90 Å². The van der Waals surface area contributed by atoms with Gasteiger partial charge in [-0.2, -0.15) is 0 Å². The largest absolute Gasteiger partial charge is 0.338 e. The van der Waals surface area contributed by atoms with E-state index in [-0.39, 0.29) is 23.9 Å². The summed E-state index contributed by atoms with van der Waals surface area (Å²) in [6.07, 6.45) is 0.599. The number of halogens is 2. The monoisotopic (exact) mass is 482 g/mol. The molecule has 0 bridgehead atoms. The molecule has 3 atom stereocenters. The first kappa shape index (κ1) is 22.8. The van der Waals surface area contributed by atoms with Gasteiger partial charge in [-0.25, -0.2) is 0 Å². The van der Waals surface area contributed by atoms with Gasteiger partial charge in [0.2, 0.25) is 5.91 Å². The Labute approximate surface area is 204 Å². The average molecular weight is 483 g/mol. The molecule has 1 aliphatic heterocycles. The Morgan fingerprint density at radius 1 is 0.906 bits per heavy atom. The highest BCUT2D eigenvalue weighted by Crippen LogP contribution is 2.36. The van der Waals surface area contributed by atoms with Crippen molar-refractivity contribution in [2.75, 3.05) is 4.90 Å². The van der Waals surface area contributed by atoms with E-state index in [0.29, 0.717) is 21.6 Å². The predicted molar refractivity (Wildman–Crippen MR) is 136 cm³/mol. The van der Waals surface area contributed by atoms with Gasteiger partial charge in [0.25, 0.3) is 0 Å². The Bertz CT molecular complexity index is 1100. The van der Waals surface area contributed by atoms with Gasteiger partial charge >= 0.3 is 0 Å². The van der Waals surface area contributed by atoms with E-state index in [4.69, 9.17) is 35.4 Å². The summed E-state index contributed by atoms with van der Waals surface area (Å²) in [5.74, 6) is -0.277. The van der Waals surface area contributed by atoms with Crippen LogP contribution in [0.15, 0.2) is 78.9 Å². The first-order chi connectivity index (χ1) is 15.4. The molecule has 1 saturated heterocycles. The number of hydrogen-bond acceptors (Lipinski definition) is 2. The minimum absolute atomic E-state index is 0.00344. The van der Waals surface area contributed by atoms with Gasteiger partial charge in [0, 0.05) is 16.1 Å². The van der Waals surface area contributed by atoms with Crippen molar-refractivity contribution in [1.82, 2.24) is 4.90 Å². The molecule has 1 amide bonds. The number of rotatable bonds is 5. The van der Waals surface area contributed by atoms with E-state index in [1.807, 2.05) is 54.6 Å². The van der Waals surface area contributed by atoms with Gasteiger partial charge in [0.15, 0.2) is 5.11 Å². The SMILES string of the molecule is C[C@@H]1[C@@H](Cc2ccc(Cl)cc2)C(=O)N(c2ccc(Cl)cc2)C(=S)N1[C@@H](C)c1ccccc1. The van der Waals surface area contributed by atoms with E-state index in [0.717, 1.165) is 16.8 Å². The zero-order valence-corrected chi connectivity index (χ0v) is 20.2. The summed E-state index contributed by atoms with van der Waals surface area (Å²) in [5, 5.41) is 1.80. The Morgan fingerprint density at radius 3 is 2.06 bits per heavy atom. The van der Waals surface area contributed by atoms with E-state index in [9.17, 15) is 4.79 Å². The zero-order chi connectivity index (χ0) is 22.8. The highest BCUT2D eigenvalue weighted by Gasteiger charge is 2.44. The fourth-order valence-corrected chi connectivity index (χ4v) is 5.09. The molecule has 32 heavy (non-hydrogen) atoms. The molecule has 4 rings (SSSR count). The summed E-state index contributed by atoms with van der Waals surface area (Å²) >= 11 is 18.1. The minimum Gasteiger partial charge on any atom is -0.338 e. The molecule has 6 heteroatoms. The van der Waals surface area contributed by atoms with Gasteiger partial charge in [0.05, 0.1) is 17.6 Å². The molecule has 0 saturated carbocycles. The van der Waals surface area contributed by atoms with Crippen molar-refractivity contribution in [3.05, 3.63) is 100 Å². The molecule has 0 spiro atoms. The number of carbonyl (C=O) groups is 1. The lowest BCUT2D eigenvalue weighted by Gasteiger charge is -2.48. The molecule has 0 radical (unpaired) electrons. The lowest BCUT2D eigenvalue weighted by atomic mass is 9.87. The maximum Gasteiger partial charge on any atom is 0.238 e. The molecule has 1 heterocycles. The number of nitrogens with zero attached hydrogens (tertiary/aromatic N) is 2. The van der Waals surface area contributed by atoms with Gasteiger partial charge in [-0.15, -0.1) is 0 Å². The highest BCUT2D eigenvalue weighted by atomic mass is 35.5. The van der Waals surface area contributed by atoms with Crippen LogP contribution in [0.2, 0.25) is 10.0 Å². The molecule has 3 aromatic rings. The van der Waals surface area contributed by atoms with Gasteiger partial charge in [-0.3, -0.25) is 9.69 Å². The first-order valence-corrected chi connectivity index (χ1v) is 11.7. The molecule has 164 valence electrons. The molecule has 1 aliphatic rings. The molecule has 0 N–H and O–H groups in total. The Balaban J connectivity index is 1.75. The van der Waals surface area contributed by atoms with Crippen LogP contribution in [0.5, 0.6) is 0 Å². The van der Waals surface area contributed by atoms with Crippen molar-refractivity contribution in [2.45, 2.75) is 32.4 Å². The van der Waals surface area contributed by atoms with Gasteiger partial charge in [-0.1, -0.05) is 65.7 Å². The lowest BCUT2D eigenvalue weighted by molar-refractivity contribution is -0.124. The second kappa shape index (κ2) is 9.62. The van der Waals surface area contributed by atoms with Crippen molar-refractivity contribution < 1.29 is 4.79 Å². The Kier molecular flexibility index (Phi) is 6.85. The molecular formula is C26H24Cl2N2OS. The molecule has 0 aromatic heterocycles. The number of carbonyl (C=O) groups excluding carboxylic acids is 1. The van der Waals surface area contributed by atoms with Crippen molar-refractivity contribution in [1.29, 1.82) is 0 Å². The highest BCUT2D eigenvalue weighted by molar-refractivity contribution is 7.80. The summed E-state index contributed by atoms with van der Waals surface area (Å²) in [6.45, 7) is 4.22. The molecular weight excluding hydrogens is 459 g/mol. The summed E-state index contributed by atoms with van der Waals surface area (Å²) < 4.78 is 0. The van der Waals surface area contributed by atoms with Crippen LogP contribution in [0.1, 0.15) is 31.0 Å². The van der Waals surface area contributed by atoms with Crippen molar-refractivity contribution >= 4 is 52.1 Å². The van der Waals surface area contributed by atoms with Crippen LogP contribution in [0, 0.1) is 5.92 Å². The molecule has 3 aromatic carbocycles. The fourth-order valence-electron chi connectivity index (χ4n) is 4.32. The van der Waals surface area contributed by atoms with Crippen molar-refractivity contribution in [2.24, 2.45) is 5.92 Å². The molecule has 0 aliphatic carbocycles. The number of benzene rings is 3. The van der Waals surface area contributed by atoms with Crippen LogP contribution >= 0.6 is 35.4 Å². The van der Waals surface area contributed by atoms with Crippen LogP contribution in [-0.2, 0) is 11.2 Å². The van der Waals surface area contributed by atoms with E-state index < -0.39 is 0 Å². The van der Waals surface area contributed by atoms with Crippen LogP contribution in [0.4, 0.5) is 5.69 Å². The summed E-state index contributed by atoms with van der Waals surface area (Å²) in [4.78, 5) is 17.6. The summed E-state index contributed by atoms with van der Waals surface area (Å²) in [5.41, 5.74) is 2.94. The summed E-state index contributed by atoms with van der Waals surface area (Å²) in [7, 11) is 0. The number of hydrogen-bond donors (Lipinski definition) is 0. The normalized spacial score (nSPS) is 19.9. The molecule has 1 fully saturated rings. The molecule has 3 nitrogen and oxygen atoms in total. The summed E-state index contributed by atoms with van der Waals surface area (Å²) in [6, 6.07) is 25.1. The first-order valence-electron chi connectivity index (χ1n) is 10.6. The van der Waals surface area contributed by atoms with Crippen LogP contribution in [-0.4, -0.2) is 22.0 Å². The van der Waals surface area contributed by atoms with Gasteiger partial charge in [0.1, 0.15) is 0 Å². The van der Waals surface area contributed by atoms with Gasteiger partial charge in [-0.05, 0) is 80.0 Å². The topological polar surface area (TPSA) is 23.6 Å². The van der Waals surface area contributed by atoms with E-state index in [1.54, 1.807) is 17.0 Å². The standard InChI is InChI=1S/C26H24Cl2N2OS/c1-17(20-6-4-3-5-7-20)29-18(2)24(16-19-8-10-21(27)11-9-19)25(31)30(26(29)32)23-14-12-22(28)13-15-23/h3-15,17-18,24H,16H2,1-2H3/t17-,18+,24+/m0/s1. The fraction of sp³-hybridized carbons (Fsp3) is 0.231. The molecule has 0 unspecified atom stereocenters. The Hall–Kier alpha value is -2.40. The smallest absolute Gasteiger partial charge is 0.238 e. The van der Waals surface area contributed by atoms with Crippen molar-refractivity contribution in [3.8, 4) is 0 Å². The lowest BCUT2D eigenvalue weighted by Crippen LogP contribution is -2.62. The van der Waals surface area contributed by atoms with Crippen LogP contribution < -0.4 is 4.90 Å². The number of amides is 1. The number of anilines is 1. The average Bonchev–Trinajstić information content (AvgIpc) is 2.80. The minimum atomic E-state index is -0.273. The van der Waals surface area contributed by atoms with E-state index in [2.05, 4.69) is 30.9 Å². The second-order valence-electron chi connectivity index (χ2n) is 8.10. The van der Waals surface area contributed by atoms with Crippen LogP contribution in [0.25, 0.3) is 0 Å². The van der Waals surface area contributed by atoms with Crippen molar-refractivity contribution in [3.63, 3.8) is 0 Å². The third kappa shape index (κ3) is 4.54. The van der Waals surface area contributed by atoms with E-state index in [1.165, 1.54) is 0 Å². The third-order valence-electron chi connectivity index (χ3n) is 6.12. The van der Waals surface area contributed by atoms with E-state index >= 15 is 0 Å². The Morgan fingerprint density at radius 2 is 1.47 bits per heavy atom. The second-order valence-corrected chi connectivity index (χ2v) is 9.34. The maximum absolute atomic E-state index is 13.8. The zero-order valence-electron chi connectivity index (χ0n) is 17.9. The predicted octanol–water partition coefficient (Wildman–Crippen LogP) is 6.94. The van der Waals surface area contributed by atoms with Crippen LogP contribution in [0.3, 0.4) is 0 Å². The quantitative estimate of drug-likeness (QED) is 0.368. The maximum atomic E-state index is 13.8. The number of thiocarbonyl (C=S) groups is 1. The third-order valence-corrected chi connectivity index (χ3v) is 7.02.